The number of rotatable bonds is 6. The van der Waals surface area contributed by atoms with Gasteiger partial charge in [0.2, 0.25) is 0 Å². The number of carbonyl (C=O) groups is 1. The van der Waals surface area contributed by atoms with Crippen LogP contribution in [0.15, 0.2) is 18.2 Å². The van der Waals surface area contributed by atoms with Crippen LogP contribution >= 0.6 is 0 Å². The third kappa shape index (κ3) is 4.13. The van der Waals surface area contributed by atoms with Crippen molar-refractivity contribution in [3.63, 3.8) is 0 Å². The minimum Gasteiger partial charge on any atom is -0.493 e. The lowest BCUT2D eigenvalue weighted by Crippen LogP contribution is -2.28. The Labute approximate surface area is 118 Å². The molecule has 0 spiro atoms. The van der Waals surface area contributed by atoms with Crippen LogP contribution in [0.4, 0.5) is 0 Å². The molecule has 1 fully saturated rings. The van der Waals surface area contributed by atoms with Crippen LogP contribution in [0.5, 0.6) is 11.5 Å². The quantitative estimate of drug-likeness (QED) is 0.866. The van der Waals surface area contributed by atoms with E-state index < -0.39 is 5.97 Å². The van der Waals surface area contributed by atoms with Gasteiger partial charge in [0.25, 0.3) is 0 Å². The first-order valence-electron chi connectivity index (χ1n) is 6.82. The van der Waals surface area contributed by atoms with Gasteiger partial charge in [-0.15, -0.1) is 0 Å². The number of hydrogen-bond donors (Lipinski definition) is 1. The SMILES string of the molecule is COc1ccc(CCC(=O)O)cc1OC1CCCOC1. The van der Waals surface area contributed by atoms with E-state index in [2.05, 4.69) is 0 Å². The fourth-order valence-electron chi connectivity index (χ4n) is 2.20. The zero-order chi connectivity index (χ0) is 14.4. The number of aryl methyl sites for hydroxylation is 1. The van der Waals surface area contributed by atoms with Gasteiger partial charge in [0.15, 0.2) is 11.5 Å². The molecule has 1 heterocycles. The molecule has 1 atom stereocenters. The molecule has 5 heteroatoms. The lowest BCUT2D eigenvalue weighted by atomic mass is 10.1. The zero-order valence-electron chi connectivity index (χ0n) is 11.6. The van der Waals surface area contributed by atoms with Gasteiger partial charge in [-0.2, -0.15) is 0 Å². The second kappa shape index (κ2) is 7.14. The van der Waals surface area contributed by atoms with Crippen molar-refractivity contribution in [3.05, 3.63) is 23.8 Å². The number of hydrogen-bond acceptors (Lipinski definition) is 4. The van der Waals surface area contributed by atoms with Crippen molar-refractivity contribution in [1.29, 1.82) is 0 Å². The monoisotopic (exact) mass is 280 g/mol. The zero-order valence-corrected chi connectivity index (χ0v) is 11.6. The van der Waals surface area contributed by atoms with Gasteiger partial charge in [-0.1, -0.05) is 6.07 Å². The summed E-state index contributed by atoms with van der Waals surface area (Å²) in [5.74, 6) is 0.518. The molecule has 1 aromatic carbocycles. The molecule has 0 bridgehead atoms. The molecule has 1 aliphatic rings. The highest BCUT2D eigenvalue weighted by Gasteiger charge is 2.17. The number of ether oxygens (including phenoxy) is 3. The maximum absolute atomic E-state index is 10.6. The average molecular weight is 280 g/mol. The van der Waals surface area contributed by atoms with Gasteiger partial charge in [-0.25, -0.2) is 0 Å². The van der Waals surface area contributed by atoms with E-state index >= 15 is 0 Å². The first kappa shape index (κ1) is 14.7. The first-order valence-corrected chi connectivity index (χ1v) is 6.82. The number of carboxylic acids is 1. The van der Waals surface area contributed by atoms with Gasteiger partial charge < -0.3 is 19.3 Å². The highest BCUT2D eigenvalue weighted by atomic mass is 16.5. The third-order valence-corrected chi connectivity index (χ3v) is 3.27. The Kier molecular flexibility index (Phi) is 5.24. The van der Waals surface area contributed by atoms with E-state index in [0.717, 1.165) is 25.0 Å². The molecule has 1 saturated heterocycles. The second-order valence-corrected chi connectivity index (χ2v) is 4.84. The number of methoxy groups -OCH3 is 1. The molecule has 1 aromatic rings. The van der Waals surface area contributed by atoms with Crippen LogP contribution in [0.25, 0.3) is 0 Å². The van der Waals surface area contributed by atoms with E-state index in [1.807, 2.05) is 18.2 Å². The van der Waals surface area contributed by atoms with Gasteiger partial charge >= 0.3 is 5.97 Å². The van der Waals surface area contributed by atoms with Crippen LogP contribution in [-0.2, 0) is 16.0 Å². The highest BCUT2D eigenvalue weighted by molar-refractivity contribution is 5.67. The van der Waals surface area contributed by atoms with Crippen LogP contribution < -0.4 is 9.47 Å². The van der Waals surface area contributed by atoms with Gasteiger partial charge in [-0.05, 0) is 37.0 Å². The molecule has 0 aromatic heterocycles. The third-order valence-electron chi connectivity index (χ3n) is 3.27. The molecule has 2 rings (SSSR count). The first-order chi connectivity index (χ1) is 9.69. The van der Waals surface area contributed by atoms with Gasteiger partial charge in [0.1, 0.15) is 6.10 Å². The van der Waals surface area contributed by atoms with Gasteiger partial charge in [0.05, 0.1) is 13.7 Å². The predicted molar refractivity (Wildman–Crippen MR) is 73.4 cm³/mol. The van der Waals surface area contributed by atoms with E-state index in [1.54, 1.807) is 7.11 Å². The predicted octanol–water partition coefficient (Wildman–Crippen LogP) is 2.27. The molecule has 110 valence electrons. The van der Waals surface area contributed by atoms with Gasteiger partial charge in [0, 0.05) is 13.0 Å². The Morgan fingerprint density at radius 3 is 2.95 bits per heavy atom. The molecular formula is C15H20O5. The number of aliphatic carboxylic acids is 1. The molecule has 0 aliphatic carbocycles. The molecule has 20 heavy (non-hydrogen) atoms. The Morgan fingerprint density at radius 2 is 2.30 bits per heavy atom. The molecule has 1 aliphatic heterocycles. The van der Waals surface area contributed by atoms with Crippen molar-refractivity contribution in [1.82, 2.24) is 0 Å². The van der Waals surface area contributed by atoms with Crippen LogP contribution in [0.1, 0.15) is 24.8 Å². The van der Waals surface area contributed by atoms with Crippen LogP contribution in [0.2, 0.25) is 0 Å². The number of benzene rings is 1. The molecular weight excluding hydrogens is 260 g/mol. The summed E-state index contributed by atoms with van der Waals surface area (Å²) in [5.41, 5.74) is 0.930. The summed E-state index contributed by atoms with van der Waals surface area (Å²) >= 11 is 0. The lowest BCUT2D eigenvalue weighted by molar-refractivity contribution is -0.136. The summed E-state index contributed by atoms with van der Waals surface area (Å²) in [5, 5.41) is 8.73. The molecule has 0 radical (unpaired) electrons. The minimum absolute atomic E-state index is 0.0346. The van der Waals surface area contributed by atoms with Crippen molar-refractivity contribution in [2.45, 2.75) is 31.8 Å². The summed E-state index contributed by atoms with van der Waals surface area (Å²) < 4.78 is 16.6. The van der Waals surface area contributed by atoms with Crippen LogP contribution in [0, 0.1) is 0 Å². The van der Waals surface area contributed by atoms with E-state index in [1.165, 1.54) is 0 Å². The second-order valence-electron chi connectivity index (χ2n) is 4.84. The maximum Gasteiger partial charge on any atom is 0.303 e. The molecule has 0 amide bonds. The van der Waals surface area contributed by atoms with Crippen molar-refractivity contribution < 1.29 is 24.1 Å². The normalized spacial score (nSPS) is 18.6. The fraction of sp³-hybridized carbons (Fsp3) is 0.533. The summed E-state index contributed by atoms with van der Waals surface area (Å²) in [7, 11) is 1.59. The molecule has 1 unspecified atom stereocenters. The number of carboxylic acid groups (broad SMARTS) is 1. The topological polar surface area (TPSA) is 65.0 Å². The van der Waals surface area contributed by atoms with Crippen LogP contribution in [0.3, 0.4) is 0 Å². The minimum atomic E-state index is -0.802. The van der Waals surface area contributed by atoms with Gasteiger partial charge in [-0.3, -0.25) is 4.79 Å². The summed E-state index contributed by atoms with van der Waals surface area (Å²) in [6.45, 7) is 1.37. The largest absolute Gasteiger partial charge is 0.493 e. The average Bonchev–Trinajstić information content (AvgIpc) is 2.46. The summed E-state index contributed by atoms with van der Waals surface area (Å²) in [6.07, 6.45) is 2.58. The Bertz CT molecular complexity index is 452. The van der Waals surface area contributed by atoms with Crippen molar-refractivity contribution in [2.75, 3.05) is 20.3 Å². The Hall–Kier alpha value is -1.75. The molecule has 5 nitrogen and oxygen atoms in total. The summed E-state index contributed by atoms with van der Waals surface area (Å²) in [4.78, 5) is 10.6. The lowest BCUT2D eigenvalue weighted by Gasteiger charge is -2.24. The standard InChI is InChI=1S/C15H20O5/c1-18-13-6-4-11(5-7-15(16)17)9-14(13)20-12-3-2-8-19-10-12/h4,6,9,12H,2-3,5,7-8,10H2,1H3,(H,16,17). The van der Waals surface area contributed by atoms with Crippen molar-refractivity contribution >= 4 is 5.97 Å². The summed E-state index contributed by atoms with van der Waals surface area (Å²) in [6, 6.07) is 5.54. The molecule has 0 saturated carbocycles. The van der Waals surface area contributed by atoms with E-state index in [4.69, 9.17) is 19.3 Å². The Morgan fingerprint density at radius 1 is 1.45 bits per heavy atom. The Balaban J connectivity index is 2.07. The van der Waals surface area contributed by atoms with Crippen LogP contribution in [-0.4, -0.2) is 37.5 Å². The smallest absolute Gasteiger partial charge is 0.303 e. The molecule has 1 N–H and O–H groups in total. The van der Waals surface area contributed by atoms with Crippen molar-refractivity contribution in [2.24, 2.45) is 0 Å². The van der Waals surface area contributed by atoms with Crippen molar-refractivity contribution in [3.8, 4) is 11.5 Å². The fourth-order valence-corrected chi connectivity index (χ4v) is 2.20. The van der Waals surface area contributed by atoms with E-state index in [-0.39, 0.29) is 12.5 Å². The highest BCUT2D eigenvalue weighted by Crippen LogP contribution is 2.30. The van der Waals surface area contributed by atoms with E-state index in [9.17, 15) is 4.79 Å². The maximum atomic E-state index is 10.6. The van der Waals surface area contributed by atoms with E-state index in [0.29, 0.717) is 24.5 Å².